The summed E-state index contributed by atoms with van der Waals surface area (Å²) < 4.78 is 6.38. The van der Waals surface area contributed by atoms with E-state index in [0.717, 1.165) is 10.2 Å². The van der Waals surface area contributed by atoms with Crippen LogP contribution in [0.25, 0.3) is 110 Å². The number of benzene rings is 11. The predicted molar refractivity (Wildman–Crippen MR) is 338 cm³/mol. The summed E-state index contributed by atoms with van der Waals surface area (Å²) in [4.78, 5) is 0. The van der Waals surface area contributed by atoms with E-state index in [2.05, 4.69) is 268 Å². The zero-order chi connectivity index (χ0) is 53.9. The van der Waals surface area contributed by atoms with Crippen LogP contribution >= 0.6 is 15.9 Å². The van der Waals surface area contributed by atoms with Gasteiger partial charge in [0.05, 0.1) is 43.3 Å². The van der Waals surface area contributed by atoms with Crippen molar-refractivity contribution in [2.45, 2.75) is 110 Å². The first kappa shape index (κ1) is 47.7. The summed E-state index contributed by atoms with van der Waals surface area (Å²) in [5, 5.41) is 12.8. The molecule has 0 amide bonds. The first-order valence-corrected chi connectivity index (χ1v) is 28.9. The summed E-state index contributed by atoms with van der Waals surface area (Å²) in [6.45, 7) is 28.2. The molecule has 1 aliphatic carbocycles. The Morgan fingerprint density at radius 1 is 0.321 bits per heavy atom. The lowest BCUT2D eigenvalue weighted by molar-refractivity contribution is 0.588. The maximum atomic E-state index is 4.78. The third kappa shape index (κ3) is 6.31. The average molecular weight is 1070 g/mol. The topological polar surface area (TPSA) is 9.86 Å². The average Bonchev–Trinajstić information content (AvgIpc) is 2.36. The van der Waals surface area contributed by atoms with Crippen molar-refractivity contribution in [3.8, 4) is 33.6 Å². The number of rotatable bonds is 2. The minimum atomic E-state index is -0.692. The number of aromatic nitrogens is 2. The summed E-state index contributed by atoms with van der Waals surface area (Å²) in [5.41, 5.74) is 21.9. The molecular formula is C75H65BrN2. The van der Waals surface area contributed by atoms with Gasteiger partial charge in [-0.2, -0.15) is 0 Å². The predicted octanol–water partition coefficient (Wildman–Crippen LogP) is 21.1. The number of fused-ring (bicyclic) bond motifs is 15. The highest BCUT2D eigenvalue weighted by Crippen LogP contribution is 2.64. The van der Waals surface area contributed by atoms with Crippen LogP contribution in [0.2, 0.25) is 0 Å². The van der Waals surface area contributed by atoms with E-state index in [0.29, 0.717) is 0 Å². The Hall–Kier alpha value is -7.46. The lowest BCUT2D eigenvalue weighted by Crippen LogP contribution is -2.34. The van der Waals surface area contributed by atoms with Gasteiger partial charge in [0.25, 0.3) is 0 Å². The SMILES string of the molecule is CC(C)(C)c1ccc2c(c1)c1cc(C(C)(C)C)ccc1n2-c1c(-c2ccc3ccc4cccc5ccc2c3c45)cc2c(c1Br)-n1c3ccc(C(C)(C)C)cc3c3cc(C(C)(C)C)cc(c31)C21c2ccccc2-c2ccccc21. The van der Waals surface area contributed by atoms with Crippen molar-refractivity contribution in [1.29, 1.82) is 0 Å². The van der Waals surface area contributed by atoms with Crippen molar-refractivity contribution in [2.75, 3.05) is 0 Å². The summed E-state index contributed by atoms with van der Waals surface area (Å²) in [7, 11) is 0. The number of hydrogen-bond acceptors (Lipinski definition) is 0. The molecule has 15 rings (SSSR count). The first-order chi connectivity index (χ1) is 37.1. The minimum Gasteiger partial charge on any atom is -0.307 e. The third-order valence-electron chi connectivity index (χ3n) is 18.3. The van der Waals surface area contributed by atoms with Gasteiger partial charge in [-0.15, -0.1) is 0 Å². The van der Waals surface area contributed by atoms with Gasteiger partial charge in [-0.3, -0.25) is 0 Å². The van der Waals surface area contributed by atoms with E-state index < -0.39 is 5.41 Å². The zero-order valence-electron chi connectivity index (χ0n) is 47.0. The van der Waals surface area contributed by atoms with Crippen LogP contribution in [0.3, 0.4) is 0 Å². The number of nitrogens with zero attached hydrogens (tertiary/aromatic N) is 2. The molecule has 0 saturated heterocycles. The fourth-order valence-electron chi connectivity index (χ4n) is 14.3. The van der Waals surface area contributed by atoms with Gasteiger partial charge in [-0.05, 0) is 180 Å². The van der Waals surface area contributed by atoms with Gasteiger partial charge < -0.3 is 9.13 Å². The van der Waals surface area contributed by atoms with Gasteiger partial charge in [0.2, 0.25) is 0 Å². The molecule has 2 nitrogen and oxygen atoms in total. The van der Waals surface area contributed by atoms with E-state index in [1.54, 1.807) is 0 Å². The van der Waals surface area contributed by atoms with Crippen LogP contribution in [0.4, 0.5) is 0 Å². The van der Waals surface area contributed by atoms with Gasteiger partial charge in [0.1, 0.15) is 0 Å². The van der Waals surface area contributed by atoms with Crippen LogP contribution < -0.4 is 0 Å². The molecule has 0 atom stereocenters. The third-order valence-corrected chi connectivity index (χ3v) is 19.1. The highest BCUT2D eigenvalue weighted by molar-refractivity contribution is 9.10. The molecule has 1 spiro atoms. The second-order valence-electron chi connectivity index (χ2n) is 27.1. The summed E-state index contributed by atoms with van der Waals surface area (Å²) in [6.07, 6.45) is 0. The van der Waals surface area contributed by atoms with Crippen molar-refractivity contribution in [2.24, 2.45) is 0 Å². The van der Waals surface area contributed by atoms with Gasteiger partial charge in [-0.1, -0.05) is 210 Å². The molecule has 11 aromatic carbocycles. The van der Waals surface area contributed by atoms with E-state index in [4.69, 9.17) is 15.9 Å². The fourth-order valence-corrected chi connectivity index (χ4v) is 15.0. The Bertz CT molecular complexity index is 4640. The largest absolute Gasteiger partial charge is 0.307 e. The molecule has 78 heavy (non-hydrogen) atoms. The van der Waals surface area contributed by atoms with Gasteiger partial charge in [0.15, 0.2) is 0 Å². The molecule has 0 fully saturated rings. The van der Waals surface area contributed by atoms with Crippen LogP contribution in [0, 0.1) is 0 Å². The smallest absolute Gasteiger partial charge is 0.0755 e. The Morgan fingerprint density at radius 3 is 1.32 bits per heavy atom. The highest BCUT2D eigenvalue weighted by atomic mass is 79.9. The molecule has 382 valence electrons. The molecule has 3 heterocycles. The van der Waals surface area contributed by atoms with Gasteiger partial charge in [0, 0.05) is 27.1 Å². The van der Waals surface area contributed by atoms with Crippen molar-refractivity contribution in [3.05, 3.63) is 225 Å². The number of halogens is 1. The fraction of sp³-hybridized carbons (Fsp3) is 0.227. The number of hydrogen-bond donors (Lipinski definition) is 0. The normalized spacial score (nSPS) is 14.3. The molecule has 0 saturated carbocycles. The van der Waals surface area contributed by atoms with Gasteiger partial charge in [-0.25, -0.2) is 0 Å². The summed E-state index contributed by atoms with van der Waals surface area (Å²) >= 11 is 4.78. The van der Waals surface area contributed by atoms with Crippen LogP contribution in [-0.2, 0) is 27.1 Å². The second kappa shape index (κ2) is 15.6. The molecule has 0 radical (unpaired) electrons. The lowest BCUT2D eigenvalue weighted by Gasteiger charge is -2.41. The Kier molecular flexibility index (Phi) is 9.57. The Labute approximate surface area is 466 Å². The molecule has 0 bridgehead atoms. The van der Waals surface area contributed by atoms with Crippen molar-refractivity contribution >= 4 is 91.9 Å². The summed E-state index contributed by atoms with van der Waals surface area (Å²) in [5.74, 6) is 0. The molecule has 0 N–H and O–H groups in total. The van der Waals surface area contributed by atoms with Crippen molar-refractivity contribution < 1.29 is 0 Å². The van der Waals surface area contributed by atoms with Crippen molar-refractivity contribution in [3.63, 3.8) is 0 Å². The van der Waals surface area contributed by atoms with Crippen LogP contribution in [0.15, 0.2) is 180 Å². The Balaban J connectivity index is 1.21. The Morgan fingerprint density at radius 2 is 0.782 bits per heavy atom. The van der Waals surface area contributed by atoms with Gasteiger partial charge >= 0.3 is 0 Å². The van der Waals surface area contributed by atoms with E-state index in [9.17, 15) is 0 Å². The van der Waals surface area contributed by atoms with E-state index >= 15 is 0 Å². The van der Waals surface area contributed by atoms with Crippen molar-refractivity contribution in [1.82, 2.24) is 9.13 Å². The summed E-state index contributed by atoms with van der Waals surface area (Å²) in [6, 6.07) is 69.3. The molecule has 0 unspecified atom stereocenters. The standard InChI is InChI=1S/C75H65BrN2/c1-71(2,3)45-28-33-62-53(36-45)54-37-46(72(4,5)6)29-34-63(54)77(62)69-57(49-31-26-44-25-24-42-18-17-19-43-27-32-52(49)66(44)65(42)43)41-61-70(67(69)76)78-64-35-30-47(73(7,8)9)38-55(64)56-39-48(74(10,11)12)40-60(68(56)78)75(61)58-22-15-13-20-50(58)51-21-14-16-23-59(51)75/h13-41H,1-12H3. The van der Waals surface area contributed by atoms with E-state index in [1.165, 1.54) is 148 Å². The lowest BCUT2D eigenvalue weighted by atomic mass is 9.64. The van der Waals surface area contributed by atoms with Crippen LogP contribution in [-0.4, -0.2) is 9.13 Å². The maximum Gasteiger partial charge on any atom is 0.0755 e. The molecular weight excluding hydrogens is 1010 g/mol. The zero-order valence-corrected chi connectivity index (χ0v) is 48.6. The molecule has 1 aliphatic heterocycles. The molecule has 2 aliphatic rings. The van der Waals surface area contributed by atoms with Crippen LogP contribution in [0.1, 0.15) is 128 Å². The van der Waals surface area contributed by atoms with E-state index in [-0.39, 0.29) is 21.7 Å². The second-order valence-corrected chi connectivity index (χ2v) is 27.9. The van der Waals surface area contributed by atoms with E-state index in [1.807, 2.05) is 0 Å². The quantitative estimate of drug-likeness (QED) is 0.153. The highest BCUT2D eigenvalue weighted by Gasteiger charge is 2.52. The monoisotopic (exact) mass is 1070 g/mol. The minimum absolute atomic E-state index is 0.0420. The molecule has 13 aromatic rings. The first-order valence-electron chi connectivity index (χ1n) is 28.1. The molecule has 3 heteroatoms. The molecule has 2 aromatic heterocycles. The van der Waals surface area contributed by atoms with Crippen LogP contribution in [0.5, 0.6) is 0 Å². The maximum absolute atomic E-state index is 4.78.